The Hall–Kier alpha value is -1.96. The number of fused-ring (bicyclic) bond motifs is 3. The molecule has 2 aliphatic heterocycles. The Morgan fingerprint density at radius 2 is 1.85 bits per heavy atom. The molecule has 2 heterocycles. The average molecular weight is 547 g/mol. The fourth-order valence-corrected chi connectivity index (χ4v) is 9.54. The summed E-state index contributed by atoms with van der Waals surface area (Å²) >= 11 is 0. The van der Waals surface area contributed by atoms with Crippen LogP contribution in [-0.4, -0.2) is 107 Å². The van der Waals surface area contributed by atoms with Crippen molar-refractivity contribution < 1.29 is 53.7 Å². The Balaban J connectivity index is 1.23. The second-order valence-corrected chi connectivity index (χ2v) is 12.2. The van der Waals surface area contributed by atoms with Crippen LogP contribution in [0.1, 0.15) is 37.0 Å². The number of ether oxygens (including phenoxy) is 5. The molecule has 4 unspecified atom stereocenters. The molecule has 2 spiro atoms. The van der Waals surface area contributed by atoms with Gasteiger partial charge in [-0.05, 0) is 38.8 Å². The van der Waals surface area contributed by atoms with E-state index in [1.54, 1.807) is 24.3 Å². The van der Waals surface area contributed by atoms with Crippen LogP contribution in [0.4, 0.5) is 0 Å². The summed E-state index contributed by atoms with van der Waals surface area (Å²) in [6, 6.07) is 8.65. The monoisotopic (exact) mass is 546 g/mol. The molecule has 2 bridgehead atoms. The van der Waals surface area contributed by atoms with Gasteiger partial charge in [0.1, 0.15) is 35.8 Å². The Morgan fingerprint density at radius 3 is 2.54 bits per heavy atom. The number of ketones is 1. The molecular weight excluding hydrogens is 512 g/mol. The number of Topliss-reactive ketones (excluding diaryl/α,β-unsaturated/α-hetero) is 1. The summed E-state index contributed by atoms with van der Waals surface area (Å²) in [5.74, 6) is -0.824. The Morgan fingerprint density at radius 1 is 1.10 bits per heavy atom. The maximum atomic E-state index is 13.9. The predicted octanol–water partition coefficient (Wildman–Crippen LogP) is -0.428. The van der Waals surface area contributed by atoms with E-state index in [4.69, 9.17) is 23.7 Å². The molecule has 0 aromatic heterocycles. The van der Waals surface area contributed by atoms with Crippen LogP contribution < -0.4 is 0 Å². The number of aliphatic hydroxyl groups excluding tert-OH is 4. The van der Waals surface area contributed by atoms with Crippen molar-refractivity contribution >= 4 is 11.8 Å². The SMILES string of the molecule is CCOC[C@@H]1O[C@@]2(C)CC13C(=O)[C@@H]1C4(COC(=O)c5ccccc5)C[C@@]2(O[C@@H]2OC(CO)[C@@H](O)[C@H](O)C2O)[C@]143. The molecule has 12 atom stereocenters. The molecule has 2 saturated heterocycles. The molecule has 11 nitrogen and oxygen atoms in total. The first-order chi connectivity index (χ1) is 18.6. The smallest absolute Gasteiger partial charge is 0.338 e. The molecule has 4 saturated carbocycles. The molecule has 1 aromatic rings. The molecule has 0 radical (unpaired) electrons. The van der Waals surface area contributed by atoms with Gasteiger partial charge >= 0.3 is 5.97 Å². The second kappa shape index (κ2) is 8.07. The van der Waals surface area contributed by atoms with Gasteiger partial charge in [0.05, 0.1) is 42.5 Å². The fourth-order valence-electron chi connectivity index (χ4n) is 9.54. The molecule has 7 rings (SSSR count). The highest BCUT2D eigenvalue weighted by Crippen LogP contribution is 3.05. The highest BCUT2D eigenvalue weighted by atomic mass is 16.7. The Kier molecular flexibility index (Phi) is 5.38. The standard InChI is InChI=1S/C28H34O11/c1-3-35-10-16-26-11-24(2,38-16)27(39-23-19(32)18(31)17(30)15(9-29)37-23)12-25(20(21(26)33)28(25,26)27)13-36-22(34)14-7-5-4-6-8-14/h4-8,15-20,23,29-32H,3,9-13H2,1-2H3/t15?,16-,17+,18-,19?,20+,23-,24-,25?,26?,27-,28+/m0/s1. The molecular formula is C28H34O11. The number of rotatable bonds is 9. The van der Waals surface area contributed by atoms with Gasteiger partial charge in [0.15, 0.2) is 6.29 Å². The zero-order valence-electron chi connectivity index (χ0n) is 21.8. The molecule has 6 aliphatic rings. The van der Waals surface area contributed by atoms with Gasteiger partial charge in [-0.3, -0.25) is 4.79 Å². The lowest BCUT2D eigenvalue weighted by atomic mass is 9.47. The van der Waals surface area contributed by atoms with Crippen molar-refractivity contribution in [2.24, 2.45) is 22.2 Å². The average Bonchev–Trinajstić information content (AvgIpc) is 3.10. The third kappa shape index (κ3) is 2.63. The number of hydrogen-bond donors (Lipinski definition) is 4. The maximum absolute atomic E-state index is 13.9. The molecule has 212 valence electrons. The summed E-state index contributed by atoms with van der Waals surface area (Å²) in [4.78, 5) is 26.7. The van der Waals surface area contributed by atoms with E-state index in [0.717, 1.165) is 0 Å². The second-order valence-electron chi connectivity index (χ2n) is 12.2. The van der Waals surface area contributed by atoms with Crippen LogP contribution in [0.15, 0.2) is 30.3 Å². The van der Waals surface area contributed by atoms with Gasteiger partial charge in [0.2, 0.25) is 0 Å². The molecule has 6 fully saturated rings. The minimum Gasteiger partial charge on any atom is -0.461 e. The van der Waals surface area contributed by atoms with Gasteiger partial charge < -0.3 is 44.1 Å². The van der Waals surface area contributed by atoms with E-state index in [-0.39, 0.29) is 19.0 Å². The Labute approximate surface area is 224 Å². The summed E-state index contributed by atoms with van der Waals surface area (Å²) in [5.41, 5.74) is -3.85. The first kappa shape index (κ1) is 26.0. The number of aliphatic hydroxyl groups is 4. The van der Waals surface area contributed by atoms with E-state index in [9.17, 15) is 30.0 Å². The van der Waals surface area contributed by atoms with Gasteiger partial charge in [-0.1, -0.05) is 18.2 Å². The van der Waals surface area contributed by atoms with E-state index in [1.807, 2.05) is 19.9 Å². The van der Waals surface area contributed by atoms with Gasteiger partial charge in [0.25, 0.3) is 0 Å². The normalized spacial score (nSPS) is 51.9. The molecule has 39 heavy (non-hydrogen) atoms. The number of carbonyl (C=O) groups is 2. The van der Waals surface area contributed by atoms with E-state index in [0.29, 0.717) is 25.0 Å². The largest absolute Gasteiger partial charge is 0.461 e. The summed E-state index contributed by atoms with van der Waals surface area (Å²) in [5, 5.41) is 41.1. The van der Waals surface area contributed by atoms with Crippen molar-refractivity contribution in [3.8, 4) is 0 Å². The minimum absolute atomic E-state index is 0.0378. The summed E-state index contributed by atoms with van der Waals surface area (Å²) in [6.07, 6.45) is -7.01. The van der Waals surface area contributed by atoms with E-state index < -0.39 is 82.8 Å². The van der Waals surface area contributed by atoms with Crippen LogP contribution in [0.2, 0.25) is 0 Å². The predicted molar refractivity (Wildman–Crippen MR) is 129 cm³/mol. The maximum Gasteiger partial charge on any atom is 0.338 e. The van der Waals surface area contributed by atoms with Gasteiger partial charge in [-0.15, -0.1) is 0 Å². The van der Waals surface area contributed by atoms with E-state index >= 15 is 0 Å². The van der Waals surface area contributed by atoms with E-state index in [1.165, 1.54) is 0 Å². The minimum atomic E-state index is -1.60. The molecule has 1 aromatic carbocycles. The Bertz CT molecular complexity index is 1210. The third-order valence-corrected chi connectivity index (χ3v) is 10.8. The fraction of sp³-hybridized carbons (Fsp3) is 0.714. The van der Waals surface area contributed by atoms with Crippen molar-refractivity contribution in [3.05, 3.63) is 35.9 Å². The zero-order chi connectivity index (χ0) is 27.6. The molecule has 0 amide bonds. The third-order valence-electron chi connectivity index (χ3n) is 10.8. The van der Waals surface area contributed by atoms with Crippen molar-refractivity contribution in [2.75, 3.05) is 26.4 Å². The lowest BCUT2D eigenvalue weighted by Crippen LogP contribution is -2.76. The van der Waals surface area contributed by atoms with Crippen molar-refractivity contribution in [1.82, 2.24) is 0 Å². The summed E-state index contributed by atoms with van der Waals surface area (Å²) in [6.45, 7) is 3.91. The number of esters is 1. The van der Waals surface area contributed by atoms with Crippen LogP contribution in [0.25, 0.3) is 0 Å². The van der Waals surface area contributed by atoms with Crippen molar-refractivity contribution in [2.45, 2.75) is 74.7 Å². The van der Waals surface area contributed by atoms with Gasteiger partial charge in [-0.25, -0.2) is 4.79 Å². The highest BCUT2D eigenvalue weighted by molar-refractivity contribution is 6.07. The summed E-state index contributed by atoms with van der Waals surface area (Å²) < 4.78 is 30.3. The number of benzene rings is 1. The van der Waals surface area contributed by atoms with Crippen LogP contribution in [0.3, 0.4) is 0 Å². The van der Waals surface area contributed by atoms with Crippen LogP contribution in [0, 0.1) is 22.2 Å². The summed E-state index contributed by atoms with van der Waals surface area (Å²) in [7, 11) is 0. The highest BCUT2D eigenvalue weighted by Gasteiger charge is 3.14. The van der Waals surface area contributed by atoms with Crippen molar-refractivity contribution in [1.29, 1.82) is 0 Å². The zero-order valence-corrected chi connectivity index (χ0v) is 21.8. The topological polar surface area (TPSA) is 161 Å². The van der Waals surface area contributed by atoms with Gasteiger partial charge in [0, 0.05) is 23.4 Å². The van der Waals surface area contributed by atoms with Crippen LogP contribution in [-0.2, 0) is 28.5 Å². The molecule has 4 aliphatic carbocycles. The quantitative estimate of drug-likeness (QED) is 0.298. The first-order valence-corrected chi connectivity index (χ1v) is 13.6. The van der Waals surface area contributed by atoms with Crippen LogP contribution >= 0.6 is 0 Å². The van der Waals surface area contributed by atoms with E-state index in [2.05, 4.69) is 0 Å². The number of hydrogen-bond acceptors (Lipinski definition) is 11. The lowest BCUT2D eigenvalue weighted by Gasteiger charge is -2.65. The lowest BCUT2D eigenvalue weighted by molar-refractivity contribution is -0.395. The molecule has 4 N–H and O–H groups in total. The van der Waals surface area contributed by atoms with Crippen LogP contribution in [0.5, 0.6) is 0 Å². The number of carbonyl (C=O) groups excluding carboxylic acids is 2. The molecule has 11 heteroatoms. The van der Waals surface area contributed by atoms with Crippen molar-refractivity contribution in [3.63, 3.8) is 0 Å². The van der Waals surface area contributed by atoms with Gasteiger partial charge in [-0.2, -0.15) is 0 Å². The first-order valence-electron chi connectivity index (χ1n) is 13.6.